The number of hydrogen-bond acceptors (Lipinski definition) is 1. The van der Waals surface area contributed by atoms with Gasteiger partial charge in [0.15, 0.2) is 0 Å². The van der Waals surface area contributed by atoms with E-state index in [1.165, 1.54) is 66.5 Å². The maximum absolute atomic E-state index is 11.9. The van der Waals surface area contributed by atoms with Crippen molar-refractivity contribution in [3.05, 3.63) is 249 Å². The molecule has 3 aliphatic carbocycles. The average molecular weight is 805 g/mol. The topological polar surface area (TPSA) is 20.2 Å². The van der Waals surface area contributed by atoms with E-state index in [0.29, 0.717) is 22.9 Å². The third-order valence-electron chi connectivity index (χ3n) is 13.3. The molecule has 0 unspecified atom stereocenters. The SMILES string of the molecule is [B]c1c(C)c([B])c(O)c(C2=C(c3ccccc3)c3c(c(-c4ccccc4)c(C4=CC/C(=C(\C5=CCCC=C5C(=C)c5ccccc5)c5ccccc5)C=C4)c4ccccc34)C2)c1C. The second-order valence-electron chi connectivity index (χ2n) is 16.8. The summed E-state index contributed by atoms with van der Waals surface area (Å²) in [5.74, 6) is 0.0890. The highest BCUT2D eigenvalue weighted by molar-refractivity contribution is 6.42. The predicted octanol–water partition coefficient (Wildman–Crippen LogP) is 13.1. The summed E-state index contributed by atoms with van der Waals surface area (Å²) in [6.45, 7) is 8.53. The molecule has 63 heavy (non-hydrogen) atoms. The summed E-state index contributed by atoms with van der Waals surface area (Å²) in [7, 11) is 13.4. The lowest BCUT2D eigenvalue weighted by molar-refractivity contribution is 0.477. The molecule has 0 aromatic heterocycles. The highest BCUT2D eigenvalue weighted by Crippen LogP contribution is 2.53. The summed E-state index contributed by atoms with van der Waals surface area (Å²) in [5.41, 5.74) is 21.9. The second-order valence-corrected chi connectivity index (χ2v) is 16.8. The molecule has 7 aromatic carbocycles. The Hall–Kier alpha value is -7.09. The molecule has 0 atom stereocenters. The molecule has 1 nitrogen and oxygen atoms in total. The van der Waals surface area contributed by atoms with E-state index in [1.807, 2.05) is 13.8 Å². The first-order valence-corrected chi connectivity index (χ1v) is 21.9. The molecule has 3 heteroatoms. The second kappa shape index (κ2) is 16.6. The van der Waals surface area contributed by atoms with Crippen molar-refractivity contribution in [1.82, 2.24) is 0 Å². The van der Waals surface area contributed by atoms with Crippen molar-refractivity contribution in [2.75, 3.05) is 0 Å². The smallest absolute Gasteiger partial charge is 0.119 e. The third-order valence-corrected chi connectivity index (χ3v) is 13.3. The van der Waals surface area contributed by atoms with Gasteiger partial charge in [-0.2, -0.15) is 0 Å². The maximum Gasteiger partial charge on any atom is 0.119 e. The number of allylic oxidation sites excluding steroid dienone is 12. The zero-order chi connectivity index (χ0) is 43.2. The highest BCUT2D eigenvalue weighted by atomic mass is 16.3. The molecule has 0 fully saturated rings. The minimum Gasteiger partial charge on any atom is -0.508 e. The van der Waals surface area contributed by atoms with Gasteiger partial charge in [0, 0.05) is 12.0 Å². The van der Waals surface area contributed by atoms with Crippen LogP contribution in [0.15, 0.2) is 199 Å². The normalized spacial score (nSPS) is 15.5. The fourth-order valence-corrected chi connectivity index (χ4v) is 10.2. The van der Waals surface area contributed by atoms with Crippen LogP contribution in [0.2, 0.25) is 0 Å². The molecule has 298 valence electrons. The van der Waals surface area contributed by atoms with Gasteiger partial charge in [-0.05, 0) is 139 Å². The van der Waals surface area contributed by atoms with E-state index in [9.17, 15) is 5.11 Å². The van der Waals surface area contributed by atoms with Crippen molar-refractivity contribution in [3.63, 3.8) is 0 Å². The van der Waals surface area contributed by atoms with Crippen molar-refractivity contribution in [1.29, 1.82) is 0 Å². The number of fused-ring (bicyclic) bond motifs is 3. The van der Waals surface area contributed by atoms with Gasteiger partial charge in [-0.15, -0.1) is 0 Å². The first kappa shape index (κ1) is 40.0. The van der Waals surface area contributed by atoms with Crippen molar-refractivity contribution in [2.45, 2.75) is 39.5 Å². The van der Waals surface area contributed by atoms with Gasteiger partial charge >= 0.3 is 0 Å². The summed E-state index contributed by atoms with van der Waals surface area (Å²) in [6, 6.07) is 51.6. The number of aromatic hydroxyl groups is 1. The van der Waals surface area contributed by atoms with E-state index in [-0.39, 0.29) is 5.75 Å². The number of rotatable bonds is 8. The largest absolute Gasteiger partial charge is 0.508 e. The zero-order valence-electron chi connectivity index (χ0n) is 35.9. The molecule has 0 spiro atoms. The Morgan fingerprint density at radius 3 is 1.71 bits per heavy atom. The molecule has 4 radical (unpaired) electrons. The quantitative estimate of drug-likeness (QED) is 0.152. The van der Waals surface area contributed by atoms with Gasteiger partial charge in [-0.3, -0.25) is 0 Å². The third kappa shape index (κ3) is 6.93. The molecule has 0 saturated heterocycles. The van der Waals surface area contributed by atoms with Crippen molar-refractivity contribution in [2.24, 2.45) is 0 Å². The molecule has 0 saturated carbocycles. The molecule has 0 amide bonds. The summed E-state index contributed by atoms with van der Waals surface area (Å²) < 4.78 is 0. The number of hydrogen-bond donors (Lipinski definition) is 1. The zero-order valence-corrected chi connectivity index (χ0v) is 35.9. The monoisotopic (exact) mass is 804 g/mol. The van der Waals surface area contributed by atoms with Crippen LogP contribution in [-0.2, 0) is 6.42 Å². The molecule has 7 aromatic rings. The fourth-order valence-electron chi connectivity index (χ4n) is 10.2. The Kier molecular flexibility index (Phi) is 10.6. The lowest BCUT2D eigenvalue weighted by Crippen LogP contribution is -2.25. The first-order chi connectivity index (χ1) is 30.8. The Labute approximate surface area is 374 Å². The average Bonchev–Trinajstić information content (AvgIpc) is 3.74. The number of benzene rings is 7. The summed E-state index contributed by atoms with van der Waals surface area (Å²) in [5, 5.41) is 14.3. The van der Waals surface area contributed by atoms with Crippen LogP contribution in [-0.4, -0.2) is 20.8 Å². The summed E-state index contributed by atoms with van der Waals surface area (Å²) in [6.07, 6.45) is 15.2. The molecule has 0 heterocycles. The van der Waals surface area contributed by atoms with Gasteiger partial charge in [0.2, 0.25) is 0 Å². The molecular weight excluding hydrogens is 758 g/mol. The van der Waals surface area contributed by atoms with E-state index in [4.69, 9.17) is 15.7 Å². The molecule has 0 aliphatic heterocycles. The Morgan fingerprint density at radius 2 is 1.10 bits per heavy atom. The molecule has 10 rings (SSSR count). The number of phenols is 1. The van der Waals surface area contributed by atoms with E-state index >= 15 is 0 Å². The van der Waals surface area contributed by atoms with E-state index in [1.54, 1.807) is 0 Å². The van der Waals surface area contributed by atoms with E-state index in [0.717, 1.165) is 63.8 Å². The van der Waals surface area contributed by atoms with Crippen LogP contribution < -0.4 is 10.9 Å². The molecule has 3 aliphatic rings. The van der Waals surface area contributed by atoms with Gasteiger partial charge in [0.1, 0.15) is 21.4 Å². The van der Waals surface area contributed by atoms with Crippen molar-refractivity contribution < 1.29 is 5.11 Å². The van der Waals surface area contributed by atoms with Crippen LogP contribution in [0.25, 0.3) is 49.8 Å². The van der Waals surface area contributed by atoms with E-state index < -0.39 is 0 Å². The molecular formula is C60H46B2O. The van der Waals surface area contributed by atoms with Crippen LogP contribution in [0.5, 0.6) is 5.75 Å². The van der Waals surface area contributed by atoms with E-state index in [2.05, 4.69) is 183 Å². The summed E-state index contributed by atoms with van der Waals surface area (Å²) in [4.78, 5) is 0. The first-order valence-electron chi connectivity index (χ1n) is 21.9. The maximum atomic E-state index is 11.9. The lowest BCUT2D eigenvalue weighted by Gasteiger charge is -2.26. The number of phenolic OH excluding ortho intramolecular Hbond substituents is 1. The van der Waals surface area contributed by atoms with Gasteiger partial charge in [-0.25, -0.2) is 0 Å². The van der Waals surface area contributed by atoms with Gasteiger partial charge in [0.05, 0.1) is 0 Å². The molecule has 0 bridgehead atoms. The Balaban J connectivity index is 1.19. The van der Waals surface area contributed by atoms with Gasteiger partial charge in [0.25, 0.3) is 0 Å². The van der Waals surface area contributed by atoms with Crippen LogP contribution in [0.1, 0.15) is 69.3 Å². The fraction of sp³-hybridized carbons (Fsp3) is 0.100. The van der Waals surface area contributed by atoms with Gasteiger partial charge in [-0.1, -0.05) is 199 Å². The van der Waals surface area contributed by atoms with Crippen LogP contribution in [0.3, 0.4) is 0 Å². The predicted molar refractivity (Wildman–Crippen MR) is 270 cm³/mol. The Morgan fingerprint density at radius 1 is 0.540 bits per heavy atom. The van der Waals surface area contributed by atoms with Crippen molar-refractivity contribution in [3.8, 4) is 16.9 Å². The van der Waals surface area contributed by atoms with Crippen LogP contribution >= 0.6 is 0 Å². The highest BCUT2D eigenvalue weighted by Gasteiger charge is 2.34. The minimum atomic E-state index is 0.0890. The van der Waals surface area contributed by atoms with Gasteiger partial charge < -0.3 is 5.11 Å². The van der Waals surface area contributed by atoms with Crippen LogP contribution in [0, 0.1) is 13.8 Å². The molecule has 1 N–H and O–H groups in total. The lowest BCUT2D eigenvalue weighted by atomic mass is 9.74. The minimum absolute atomic E-state index is 0.0890. The van der Waals surface area contributed by atoms with Crippen LogP contribution in [0.4, 0.5) is 0 Å². The summed E-state index contributed by atoms with van der Waals surface area (Å²) >= 11 is 0. The Bertz CT molecular complexity index is 3150. The standard InChI is InChI=1S/C60H46B2O/c1-37(40-20-8-4-9-21-40)46-28-16-17-29-47(46)53(41-22-10-5-11-23-41)44-32-34-45(35-33-44)54-48-30-18-19-31-49(48)57-51(55(54)42-24-12-6-13-25-42)36-50(56(57)43-26-14-7-15-27-43)52-38(2)58(61)39(3)59(62)60(52)63/h4-15,18-32,34-35,63H,1,16-17,33,36H2,2-3H3/b53-44-. The van der Waals surface area contributed by atoms with Crippen molar-refractivity contribution >= 4 is 65.3 Å².